The summed E-state index contributed by atoms with van der Waals surface area (Å²) in [6, 6.07) is 12.9. The predicted molar refractivity (Wildman–Crippen MR) is 112 cm³/mol. The number of rotatable bonds is 10. The van der Waals surface area contributed by atoms with Gasteiger partial charge in [-0.2, -0.15) is 0 Å². The van der Waals surface area contributed by atoms with Crippen LogP contribution in [0.25, 0.3) is 0 Å². The van der Waals surface area contributed by atoms with Gasteiger partial charge >= 0.3 is 13.6 Å². The number of methoxy groups -OCH3 is 2. The fraction of sp³-hybridized carbons (Fsp3) is 0.333. The Bertz CT molecular complexity index is 906. The predicted octanol–water partition coefficient (Wildman–Crippen LogP) is 3.20. The first-order valence-electron chi connectivity index (χ1n) is 9.15. The number of nitrogens with one attached hydrogen (secondary N) is 1. The number of carbonyl (C=O) groups excluding carboxylic acids is 2. The Morgan fingerprint density at radius 2 is 1.63 bits per heavy atom. The van der Waals surface area contributed by atoms with E-state index in [9.17, 15) is 14.2 Å². The monoisotopic (exact) mass is 435 g/mol. The molecule has 2 aromatic rings. The van der Waals surface area contributed by atoms with Crippen LogP contribution >= 0.6 is 7.60 Å². The van der Waals surface area contributed by atoms with E-state index in [0.717, 1.165) is 5.56 Å². The summed E-state index contributed by atoms with van der Waals surface area (Å²) in [5.41, 5.74) is 1.86. The fourth-order valence-corrected chi connectivity index (χ4v) is 3.87. The van der Waals surface area contributed by atoms with Gasteiger partial charge in [0.05, 0.1) is 20.4 Å². The average molecular weight is 435 g/mol. The van der Waals surface area contributed by atoms with Crippen LogP contribution in [0.1, 0.15) is 21.5 Å². The molecule has 30 heavy (non-hydrogen) atoms. The third kappa shape index (κ3) is 6.42. The SMILES string of the molecule is COC(=O)[C@H](Cc1cccc(OC)c1)NC(=O)c1ccc(CP(=O)(OC)OC)cc1. The molecule has 9 heteroatoms. The standard InChI is InChI=1S/C21H26NO7P/c1-26-18-7-5-6-16(12-18)13-19(21(24)27-2)22-20(23)17-10-8-15(9-11-17)14-30(25,28-3)29-4/h5-12,19H,13-14H2,1-4H3,(H,22,23)/t19-/m0/s1. The van der Waals surface area contributed by atoms with Gasteiger partial charge in [0, 0.05) is 26.2 Å². The summed E-state index contributed by atoms with van der Waals surface area (Å²) in [5.74, 6) is -0.326. The van der Waals surface area contributed by atoms with Crippen molar-refractivity contribution >= 4 is 19.5 Å². The number of hydrogen-bond acceptors (Lipinski definition) is 7. The second-order valence-electron chi connectivity index (χ2n) is 6.44. The first-order valence-corrected chi connectivity index (χ1v) is 10.9. The van der Waals surface area contributed by atoms with Crippen LogP contribution in [0.2, 0.25) is 0 Å². The Labute approximate surface area is 176 Å². The van der Waals surface area contributed by atoms with Crippen LogP contribution in [-0.2, 0) is 35.7 Å². The fourth-order valence-electron chi connectivity index (χ4n) is 2.80. The molecule has 0 unspecified atom stereocenters. The number of esters is 1. The number of benzene rings is 2. The van der Waals surface area contributed by atoms with E-state index in [0.29, 0.717) is 16.9 Å². The van der Waals surface area contributed by atoms with Crippen LogP contribution in [0.3, 0.4) is 0 Å². The summed E-state index contributed by atoms with van der Waals surface area (Å²) in [5, 5.41) is 2.70. The molecule has 0 spiro atoms. The second-order valence-corrected chi connectivity index (χ2v) is 8.70. The lowest BCUT2D eigenvalue weighted by Crippen LogP contribution is -2.43. The maximum atomic E-state index is 12.6. The first kappa shape index (κ1) is 23.6. The molecule has 0 aliphatic carbocycles. The van der Waals surface area contributed by atoms with Gasteiger partial charge in [-0.3, -0.25) is 9.36 Å². The van der Waals surface area contributed by atoms with Crippen molar-refractivity contribution in [2.45, 2.75) is 18.6 Å². The lowest BCUT2D eigenvalue weighted by atomic mass is 10.0. The van der Waals surface area contributed by atoms with Crippen molar-refractivity contribution in [1.29, 1.82) is 0 Å². The molecule has 162 valence electrons. The van der Waals surface area contributed by atoms with Gasteiger partial charge in [0.15, 0.2) is 0 Å². The molecule has 8 nitrogen and oxygen atoms in total. The van der Waals surface area contributed by atoms with Crippen molar-refractivity contribution in [3.05, 3.63) is 65.2 Å². The minimum atomic E-state index is -3.20. The highest BCUT2D eigenvalue weighted by Gasteiger charge is 2.24. The molecule has 0 aliphatic rings. The highest BCUT2D eigenvalue weighted by Crippen LogP contribution is 2.49. The van der Waals surface area contributed by atoms with Gasteiger partial charge < -0.3 is 23.8 Å². The molecule has 1 N–H and O–H groups in total. The Kier molecular flexibility index (Phi) is 8.59. The summed E-state index contributed by atoms with van der Waals surface area (Å²) in [4.78, 5) is 24.8. The molecule has 1 atom stereocenters. The lowest BCUT2D eigenvalue weighted by molar-refractivity contribution is -0.142. The molecule has 2 aromatic carbocycles. The van der Waals surface area contributed by atoms with Gasteiger partial charge in [0.2, 0.25) is 0 Å². The zero-order chi connectivity index (χ0) is 22.1. The third-order valence-electron chi connectivity index (χ3n) is 4.51. The molecule has 0 aliphatic heterocycles. The largest absolute Gasteiger partial charge is 0.497 e. The van der Waals surface area contributed by atoms with Crippen molar-refractivity contribution in [2.24, 2.45) is 0 Å². The van der Waals surface area contributed by atoms with E-state index >= 15 is 0 Å². The Morgan fingerprint density at radius 1 is 0.967 bits per heavy atom. The number of ether oxygens (including phenoxy) is 2. The van der Waals surface area contributed by atoms with E-state index < -0.39 is 25.5 Å². The van der Waals surface area contributed by atoms with Crippen LogP contribution in [0, 0.1) is 0 Å². The zero-order valence-electron chi connectivity index (χ0n) is 17.4. The van der Waals surface area contributed by atoms with E-state index in [1.165, 1.54) is 21.3 Å². The minimum absolute atomic E-state index is 0.0858. The summed E-state index contributed by atoms with van der Waals surface area (Å²) >= 11 is 0. The van der Waals surface area contributed by atoms with Gasteiger partial charge in [-0.05, 0) is 35.4 Å². The molecular formula is C21H26NO7P. The Balaban J connectivity index is 2.11. The average Bonchev–Trinajstić information content (AvgIpc) is 2.78. The van der Waals surface area contributed by atoms with Crippen molar-refractivity contribution in [3.8, 4) is 5.75 Å². The third-order valence-corrected chi connectivity index (χ3v) is 6.38. The quantitative estimate of drug-likeness (QED) is 0.452. The van der Waals surface area contributed by atoms with Crippen molar-refractivity contribution in [3.63, 3.8) is 0 Å². The van der Waals surface area contributed by atoms with Crippen LogP contribution in [0.4, 0.5) is 0 Å². The van der Waals surface area contributed by atoms with E-state index in [1.54, 1.807) is 43.5 Å². The smallest absolute Gasteiger partial charge is 0.334 e. The number of hydrogen-bond donors (Lipinski definition) is 1. The van der Waals surface area contributed by atoms with Gasteiger partial charge in [-0.15, -0.1) is 0 Å². The minimum Gasteiger partial charge on any atom is -0.497 e. The molecule has 0 aromatic heterocycles. The van der Waals surface area contributed by atoms with Crippen LogP contribution in [0.5, 0.6) is 5.75 Å². The molecule has 0 saturated heterocycles. The summed E-state index contributed by atoms with van der Waals surface area (Å²) < 4.78 is 32.1. The van der Waals surface area contributed by atoms with Gasteiger partial charge in [-0.25, -0.2) is 4.79 Å². The van der Waals surface area contributed by atoms with Crippen molar-refractivity contribution in [1.82, 2.24) is 5.32 Å². The Morgan fingerprint density at radius 3 is 2.20 bits per heavy atom. The molecule has 0 radical (unpaired) electrons. The highest BCUT2D eigenvalue weighted by molar-refractivity contribution is 7.52. The van der Waals surface area contributed by atoms with Crippen molar-refractivity contribution < 1.29 is 32.7 Å². The maximum Gasteiger partial charge on any atom is 0.334 e. The zero-order valence-corrected chi connectivity index (χ0v) is 18.3. The number of amides is 1. The maximum absolute atomic E-state index is 12.6. The van der Waals surface area contributed by atoms with Gasteiger partial charge in [0.1, 0.15) is 11.8 Å². The normalized spacial score (nSPS) is 12.1. The van der Waals surface area contributed by atoms with Crippen LogP contribution in [-0.4, -0.2) is 46.4 Å². The molecule has 0 saturated carbocycles. The number of carbonyl (C=O) groups is 2. The van der Waals surface area contributed by atoms with Crippen molar-refractivity contribution in [2.75, 3.05) is 28.4 Å². The highest BCUT2D eigenvalue weighted by atomic mass is 31.2. The first-order chi connectivity index (χ1) is 14.3. The van der Waals surface area contributed by atoms with Gasteiger partial charge in [0.25, 0.3) is 5.91 Å². The molecule has 0 bridgehead atoms. The summed E-state index contributed by atoms with van der Waals surface area (Å²) in [6.45, 7) is 0. The van der Waals surface area contributed by atoms with E-state index in [1.807, 2.05) is 12.1 Å². The van der Waals surface area contributed by atoms with E-state index in [4.69, 9.17) is 18.5 Å². The van der Waals surface area contributed by atoms with E-state index in [-0.39, 0.29) is 12.6 Å². The molecule has 0 fully saturated rings. The molecule has 1 amide bonds. The summed E-state index contributed by atoms with van der Waals surface area (Å²) in [7, 11) is 2.27. The molecule has 2 rings (SSSR count). The summed E-state index contributed by atoms with van der Waals surface area (Å²) in [6.07, 6.45) is 0.334. The van der Waals surface area contributed by atoms with Gasteiger partial charge in [-0.1, -0.05) is 24.3 Å². The van der Waals surface area contributed by atoms with E-state index in [2.05, 4.69) is 5.32 Å². The Hall–Kier alpha value is -2.67. The lowest BCUT2D eigenvalue weighted by Gasteiger charge is -2.17. The second kappa shape index (κ2) is 10.9. The molecular weight excluding hydrogens is 409 g/mol. The molecule has 0 heterocycles. The van der Waals surface area contributed by atoms with Crippen LogP contribution in [0.15, 0.2) is 48.5 Å². The topological polar surface area (TPSA) is 100 Å². The van der Waals surface area contributed by atoms with Crippen LogP contribution < -0.4 is 10.1 Å².